The summed E-state index contributed by atoms with van der Waals surface area (Å²) in [6.07, 6.45) is 1.67. The second kappa shape index (κ2) is 6.87. The van der Waals surface area contributed by atoms with Crippen molar-refractivity contribution in [3.05, 3.63) is 45.8 Å². The van der Waals surface area contributed by atoms with Crippen LogP contribution < -0.4 is 5.32 Å². The number of furan rings is 1. The van der Waals surface area contributed by atoms with Crippen LogP contribution in [0.15, 0.2) is 44.3 Å². The highest BCUT2D eigenvalue weighted by Crippen LogP contribution is 2.30. The topological polar surface area (TPSA) is 79.6 Å². The van der Waals surface area contributed by atoms with E-state index in [9.17, 15) is 13.2 Å². The minimum atomic E-state index is -3.67. The number of anilines is 1. The first-order chi connectivity index (χ1) is 11.4. The number of nitrogens with one attached hydrogen (secondary N) is 1. The monoisotopic (exact) mass is 432 g/mol. The number of sulfonamides is 1. The third kappa shape index (κ3) is 3.51. The maximum atomic E-state index is 12.7. The molecule has 1 aliphatic heterocycles. The molecule has 1 aliphatic rings. The number of carbonyl (C=O) groups is 1. The predicted molar refractivity (Wildman–Crippen MR) is 93.8 cm³/mol. The van der Waals surface area contributed by atoms with Gasteiger partial charge in [-0.25, -0.2) is 8.42 Å². The first kappa shape index (κ1) is 17.5. The molecule has 0 saturated carbocycles. The first-order valence-electron chi connectivity index (χ1n) is 7.24. The van der Waals surface area contributed by atoms with Crippen molar-refractivity contribution in [1.82, 2.24) is 4.31 Å². The number of hydrogen-bond donors (Lipinski definition) is 1. The third-order valence-corrected chi connectivity index (χ3v) is 6.48. The molecular weight excluding hydrogens is 420 g/mol. The van der Waals surface area contributed by atoms with E-state index in [1.807, 2.05) is 0 Å². The van der Waals surface area contributed by atoms with Crippen LogP contribution in [0.1, 0.15) is 23.4 Å². The molecule has 0 bridgehead atoms. The molecule has 0 unspecified atom stereocenters. The molecule has 1 saturated heterocycles. The lowest BCUT2D eigenvalue weighted by molar-refractivity contribution is 0.0995. The molecule has 24 heavy (non-hydrogen) atoms. The number of nitrogens with zero attached hydrogens (tertiary/aromatic N) is 1. The standard InChI is InChI=1S/C15H14BrClN2O4S/c16-14-6-5-12(23-14)15(20)18-10-3-4-11(17)13(9-10)24(21,22)19-7-1-2-8-19/h3-6,9H,1-2,7-8H2,(H,18,20). The van der Waals surface area contributed by atoms with Gasteiger partial charge in [0.25, 0.3) is 5.91 Å². The molecule has 6 nitrogen and oxygen atoms in total. The van der Waals surface area contributed by atoms with Crippen LogP contribution in [0.2, 0.25) is 5.02 Å². The highest BCUT2D eigenvalue weighted by Gasteiger charge is 2.29. The fourth-order valence-electron chi connectivity index (χ4n) is 2.48. The van der Waals surface area contributed by atoms with Crippen molar-refractivity contribution >= 4 is 49.1 Å². The summed E-state index contributed by atoms with van der Waals surface area (Å²) >= 11 is 9.19. The van der Waals surface area contributed by atoms with E-state index in [2.05, 4.69) is 21.2 Å². The molecule has 128 valence electrons. The van der Waals surface area contributed by atoms with Crippen LogP contribution in [0.25, 0.3) is 0 Å². The van der Waals surface area contributed by atoms with Gasteiger partial charge >= 0.3 is 0 Å². The molecule has 1 amide bonds. The van der Waals surface area contributed by atoms with E-state index < -0.39 is 15.9 Å². The number of rotatable bonds is 4. The van der Waals surface area contributed by atoms with E-state index in [0.717, 1.165) is 12.8 Å². The Morgan fingerprint density at radius 2 is 1.92 bits per heavy atom. The average Bonchev–Trinajstić information content (AvgIpc) is 3.20. The Bertz CT molecular complexity index is 875. The molecule has 9 heteroatoms. The van der Waals surface area contributed by atoms with Gasteiger partial charge in [0.1, 0.15) is 4.90 Å². The average molecular weight is 434 g/mol. The Balaban J connectivity index is 1.87. The third-order valence-electron chi connectivity index (χ3n) is 3.67. The van der Waals surface area contributed by atoms with E-state index in [1.54, 1.807) is 12.1 Å². The summed E-state index contributed by atoms with van der Waals surface area (Å²) in [5, 5.41) is 2.73. The molecule has 1 N–H and O–H groups in total. The molecular formula is C15H14BrClN2O4S. The second-order valence-corrected chi connectivity index (χ2v) is 8.41. The maximum absolute atomic E-state index is 12.7. The number of carbonyl (C=O) groups excluding carboxylic acids is 1. The van der Waals surface area contributed by atoms with E-state index in [-0.39, 0.29) is 15.7 Å². The molecule has 1 fully saturated rings. The van der Waals surface area contributed by atoms with Gasteiger partial charge in [-0.05, 0) is 59.1 Å². The highest BCUT2D eigenvalue weighted by atomic mass is 79.9. The molecule has 2 heterocycles. The Labute approximate surface area is 153 Å². The molecule has 3 rings (SSSR count). The van der Waals surface area contributed by atoms with Crippen LogP contribution in [-0.4, -0.2) is 31.7 Å². The van der Waals surface area contributed by atoms with Gasteiger partial charge in [-0.2, -0.15) is 4.31 Å². The summed E-state index contributed by atoms with van der Waals surface area (Å²) < 4.78 is 32.4. The van der Waals surface area contributed by atoms with Crippen LogP contribution in [0.4, 0.5) is 5.69 Å². The van der Waals surface area contributed by atoms with Crippen molar-refractivity contribution < 1.29 is 17.6 Å². The van der Waals surface area contributed by atoms with E-state index in [0.29, 0.717) is 23.4 Å². The summed E-state index contributed by atoms with van der Waals surface area (Å²) in [6.45, 7) is 0.964. The molecule has 0 atom stereocenters. The van der Waals surface area contributed by atoms with Crippen molar-refractivity contribution in [3.8, 4) is 0 Å². The van der Waals surface area contributed by atoms with Gasteiger partial charge in [0.05, 0.1) is 5.02 Å². The van der Waals surface area contributed by atoms with Crippen LogP contribution in [0.5, 0.6) is 0 Å². The Kier molecular flexibility index (Phi) is 5.00. The van der Waals surface area contributed by atoms with Crippen molar-refractivity contribution in [2.75, 3.05) is 18.4 Å². The molecule has 0 aliphatic carbocycles. The first-order valence-corrected chi connectivity index (χ1v) is 9.85. The zero-order valence-corrected chi connectivity index (χ0v) is 15.6. The van der Waals surface area contributed by atoms with Crippen molar-refractivity contribution in [2.24, 2.45) is 0 Å². The Hall–Kier alpha value is -1.35. The van der Waals surface area contributed by atoms with Gasteiger partial charge in [-0.3, -0.25) is 4.79 Å². The largest absolute Gasteiger partial charge is 0.444 e. The minimum Gasteiger partial charge on any atom is -0.444 e. The SMILES string of the molecule is O=C(Nc1ccc(Cl)c(S(=O)(=O)N2CCCC2)c1)c1ccc(Br)o1. The fourth-order valence-corrected chi connectivity index (χ4v) is 4.80. The predicted octanol–water partition coefficient (Wildman–Crippen LogP) is 3.73. The van der Waals surface area contributed by atoms with Crippen LogP contribution >= 0.6 is 27.5 Å². The van der Waals surface area contributed by atoms with E-state index in [1.165, 1.54) is 22.5 Å². The molecule has 0 radical (unpaired) electrons. The highest BCUT2D eigenvalue weighted by molar-refractivity contribution is 9.10. The van der Waals surface area contributed by atoms with Crippen molar-refractivity contribution in [3.63, 3.8) is 0 Å². The summed E-state index contributed by atoms with van der Waals surface area (Å²) in [5.41, 5.74) is 0.328. The Morgan fingerprint density at radius 3 is 2.54 bits per heavy atom. The van der Waals surface area contributed by atoms with Gasteiger partial charge in [-0.15, -0.1) is 0 Å². The van der Waals surface area contributed by atoms with Gasteiger partial charge in [-0.1, -0.05) is 11.6 Å². The number of amides is 1. The van der Waals surface area contributed by atoms with E-state index >= 15 is 0 Å². The van der Waals surface area contributed by atoms with Gasteiger partial charge in [0.15, 0.2) is 10.4 Å². The van der Waals surface area contributed by atoms with Gasteiger partial charge in [0, 0.05) is 18.8 Å². The normalized spacial score (nSPS) is 15.6. The summed E-state index contributed by atoms with van der Waals surface area (Å²) in [4.78, 5) is 12.1. The summed E-state index contributed by atoms with van der Waals surface area (Å²) in [6, 6.07) is 7.47. The lowest BCUT2D eigenvalue weighted by Gasteiger charge is -2.17. The quantitative estimate of drug-likeness (QED) is 0.797. The zero-order chi connectivity index (χ0) is 17.3. The van der Waals surface area contributed by atoms with Gasteiger partial charge in [0.2, 0.25) is 10.0 Å². The summed E-state index contributed by atoms with van der Waals surface area (Å²) in [5.74, 6) is -0.367. The van der Waals surface area contributed by atoms with Crippen LogP contribution in [0, 0.1) is 0 Å². The minimum absolute atomic E-state index is 0.00973. The smallest absolute Gasteiger partial charge is 0.291 e. The molecule has 2 aromatic rings. The Morgan fingerprint density at radius 1 is 1.21 bits per heavy atom. The molecule has 0 spiro atoms. The lowest BCUT2D eigenvalue weighted by Crippen LogP contribution is -2.28. The number of hydrogen-bond acceptors (Lipinski definition) is 4. The summed E-state index contributed by atoms with van der Waals surface area (Å²) in [7, 11) is -3.67. The fraction of sp³-hybridized carbons (Fsp3) is 0.267. The van der Waals surface area contributed by atoms with Crippen LogP contribution in [0.3, 0.4) is 0 Å². The van der Waals surface area contributed by atoms with Crippen molar-refractivity contribution in [1.29, 1.82) is 0 Å². The number of benzene rings is 1. The van der Waals surface area contributed by atoms with Gasteiger partial charge < -0.3 is 9.73 Å². The second-order valence-electron chi connectivity index (χ2n) is 5.31. The maximum Gasteiger partial charge on any atom is 0.291 e. The molecule has 1 aromatic carbocycles. The number of halogens is 2. The molecule has 1 aromatic heterocycles. The lowest BCUT2D eigenvalue weighted by atomic mass is 10.3. The van der Waals surface area contributed by atoms with E-state index in [4.69, 9.17) is 16.0 Å². The van der Waals surface area contributed by atoms with Crippen LogP contribution in [-0.2, 0) is 10.0 Å². The van der Waals surface area contributed by atoms with Crippen molar-refractivity contribution in [2.45, 2.75) is 17.7 Å². The zero-order valence-electron chi connectivity index (χ0n) is 12.5.